The predicted octanol–water partition coefficient (Wildman–Crippen LogP) is 4.18. The van der Waals surface area contributed by atoms with E-state index in [0.29, 0.717) is 0 Å². The van der Waals surface area contributed by atoms with Crippen LogP contribution < -0.4 is 5.32 Å². The van der Waals surface area contributed by atoms with Crippen molar-refractivity contribution in [2.24, 2.45) is 0 Å². The highest BCUT2D eigenvalue weighted by molar-refractivity contribution is 7.03. The Morgan fingerprint density at radius 2 is 1.72 bits per heavy atom. The molecule has 6 heteroatoms. The molecule has 0 aliphatic carbocycles. The number of rotatable bonds is 6. The van der Waals surface area contributed by atoms with E-state index in [2.05, 4.69) is 48.7 Å². The largest absolute Gasteiger partial charge is 0.383 e. The lowest BCUT2D eigenvalue weighted by Gasteiger charge is -2.10. The van der Waals surface area contributed by atoms with Gasteiger partial charge in [-0.05, 0) is 23.7 Å². The van der Waals surface area contributed by atoms with Crippen LogP contribution in [0.25, 0.3) is 22.6 Å². The summed E-state index contributed by atoms with van der Waals surface area (Å²) in [5.41, 5.74) is 5.01. The summed E-state index contributed by atoms with van der Waals surface area (Å²) in [6.45, 7) is 1.60. The van der Waals surface area contributed by atoms with Crippen molar-refractivity contribution in [3.8, 4) is 22.6 Å². The first-order chi connectivity index (χ1) is 12.4. The Hall–Kier alpha value is -2.99. The lowest BCUT2D eigenvalue weighted by atomic mass is 10.1. The highest BCUT2D eigenvalue weighted by Crippen LogP contribution is 2.30. The lowest BCUT2D eigenvalue weighted by Crippen LogP contribution is -2.11. The van der Waals surface area contributed by atoms with E-state index >= 15 is 0 Å². The average molecular weight is 347 g/mol. The molecular weight excluding hydrogens is 330 g/mol. The first-order valence-corrected chi connectivity index (χ1v) is 8.92. The van der Waals surface area contributed by atoms with Crippen molar-refractivity contribution in [3.05, 3.63) is 72.4 Å². The van der Waals surface area contributed by atoms with Gasteiger partial charge in [-0.3, -0.25) is 0 Å². The second kappa shape index (κ2) is 7.27. The van der Waals surface area contributed by atoms with Gasteiger partial charge < -0.3 is 9.88 Å². The third-order valence-corrected chi connectivity index (χ3v) is 4.45. The topological polar surface area (TPSA) is 55.6 Å². The van der Waals surface area contributed by atoms with Crippen molar-refractivity contribution in [1.29, 1.82) is 0 Å². The van der Waals surface area contributed by atoms with Crippen LogP contribution >= 0.6 is 11.5 Å². The van der Waals surface area contributed by atoms with Crippen molar-refractivity contribution >= 4 is 17.2 Å². The molecule has 5 nitrogen and oxygen atoms in total. The van der Waals surface area contributed by atoms with Crippen molar-refractivity contribution in [1.82, 2.24) is 19.1 Å². The molecule has 0 spiro atoms. The molecule has 0 fully saturated rings. The molecule has 2 aromatic heterocycles. The molecule has 4 aromatic rings. The van der Waals surface area contributed by atoms with Crippen LogP contribution in [0.3, 0.4) is 0 Å². The Morgan fingerprint density at radius 1 is 0.960 bits per heavy atom. The fourth-order valence-corrected chi connectivity index (χ4v) is 3.21. The van der Waals surface area contributed by atoms with Crippen molar-refractivity contribution in [3.63, 3.8) is 0 Å². The Balaban J connectivity index is 1.61. The van der Waals surface area contributed by atoms with Crippen molar-refractivity contribution < 1.29 is 0 Å². The molecule has 0 aliphatic heterocycles. The van der Waals surface area contributed by atoms with Gasteiger partial charge >= 0.3 is 0 Å². The number of anilines is 1. The Kier molecular flexibility index (Phi) is 4.52. The van der Waals surface area contributed by atoms with E-state index in [0.717, 1.165) is 41.4 Å². The smallest absolute Gasteiger partial charge is 0.124 e. The van der Waals surface area contributed by atoms with Crippen molar-refractivity contribution in [2.45, 2.75) is 6.54 Å². The summed E-state index contributed by atoms with van der Waals surface area (Å²) < 4.78 is 6.15. The summed E-state index contributed by atoms with van der Waals surface area (Å²) in [5, 5.41) is 9.65. The SMILES string of the molecule is c1ccc(NCCn2cnc(-c3ccccc3)c2-c2csnn2)cc1. The van der Waals surface area contributed by atoms with E-state index in [9.17, 15) is 0 Å². The summed E-state index contributed by atoms with van der Waals surface area (Å²) in [5.74, 6) is 0. The molecule has 0 atom stereocenters. The van der Waals surface area contributed by atoms with Crippen LogP contribution in [0.4, 0.5) is 5.69 Å². The maximum absolute atomic E-state index is 4.64. The van der Waals surface area contributed by atoms with Crippen LogP contribution in [-0.2, 0) is 6.54 Å². The van der Waals surface area contributed by atoms with E-state index < -0.39 is 0 Å². The number of aromatic nitrogens is 4. The number of nitrogens with one attached hydrogen (secondary N) is 1. The zero-order valence-electron chi connectivity index (χ0n) is 13.5. The Morgan fingerprint density at radius 3 is 2.44 bits per heavy atom. The van der Waals surface area contributed by atoms with E-state index in [1.165, 1.54) is 11.5 Å². The number of imidazole rings is 1. The Labute approximate surface area is 150 Å². The molecule has 1 N–H and O–H groups in total. The van der Waals surface area contributed by atoms with Gasteiger partial charge in [0.1, 0.15) is 5.69 Å². The summed E-state index contributed by atoms with van der Waals surface area (Å²) in [4.78, 5) is 4.64. The van der Waals surface area contributed by atoms with Crippen LogP contribution in [0.5, 0.6) is 0 Å². The van der Waals surface area contributed by atoms with Gasteiger partial charge in [0.25, 0.3) is 0 Å². The molecule has 2 heterocycles. The minimum absolute atomic E-state index is 0.793. The molecule has 0 unspecified atom stereocenters. The normalized spacial score (nSPS) is 10.7. The number of para-hydroxylation sites is 1. The molecule has 0 saturated carbocycles. The molecular formula is C19H17N5S. The zero-order valence-corrected chi connectivity index (χ0v) is 14.4. The zero-order chi connectivity index (χ0) is 16.9. The average Bonchev–Trinajstić information content (AvgIpc) is 3.33. The van der Waals surface area contributed by atoms with Crippen LogP contribution in [0, 0.1) is 0 Å². The highest BCUT2D eigenvalue weighted by atomic mass is 32.1. The van der Waals surface area contributed by atoms with E-state index in [-0.39, 0.29) is 0 Å². The number of hydrogen-bond acceptors (Lipinski definition) is 5. The monoisotopic (exact) mass is 347 g/mol. The molecule has 4 rings (SSSR count). The molecule has 2 aromatic carbocycles. The first-order valence-electron chi connectivity index (χ1n) is 8.09. The van der Waals surface area contributed by atoms with E-state index in [1.807, 2.05) is 48.1 Å². The van der Waals surface area contributed by atoms with Gasteiger partial charge in [0.15, 0.2) is 0 Å². The lowest BCUT2D eigenvalue weighted by molar-refractivity contribution is 0.731. The summed E-state index contributed by atoms with van der Waals surface area (Å²) in [6.07, 6.45) is 1.88. The van der Waals surface area contributed by atoms with Crippen LogP contribution in [-0.4, -0.2) is 25.7 Å². The fraction of sp³-hybridized carbons (Fsp3) is 0.105. The maximum atomic E-state index is 4.64. The first kappa shape index (κ1) is 15.5. The molecule has 0 radical (unpaired) electrons. The second-order valence-electron chi connectivity index (χ2n) is 5.58. The van der Waals surface area contributed by atoms with Gasteiger partial charge in [-0.15, -0.1) is 5.10 Å². The van der Waals surface area contributed by atoms with Gasteiger partial charge in [-0.25, -0.2) is 4.98 Å². The van der Waals surface area contributed by atoms with Gasteiger partial charge in [0, 0.05) is 29.7 Å². The third kappa shape index (κ3) is 3.44. The standard InChI is InChI=1S/C19H17N5S/c1-3-7-15(8-4-1)18-19(17-13-25-23-22-17)24(14-21-18)12-11-20-16-9-5-2-6-10-16/h1-10,13-14,20H,11-12H2. The molecule has 124 valence electrons. The van der Waals surface area contributed by atoms with Crippen LogP contribution in [0.2, 0.25) is 0 Å². The van der Waals surface area contributed by atoms with Crippen LogP contribution in [0.15, 0.2) is 72.4 Å². The molecule has 0 aliphatic rings. The highest BCUT2D eigenvalue weighted by Gasteiger charge is 2.16. The van der Waals surface area contributed by atoms with Crippen molar-refractivity contribution in [2.75, 3.05) is 11.9 Å². The molecule has 25 heavy (non-hydrogen) atoms. The van der Waals surface area contributed by atoms with Crippen LogP contribution in [0.1, 0.15) is 0 Å². The minimum atomic E-state index is 0.793. The summed E-state index contributed by atoms with van der Waals surface area (Å²) in [6, 6.07) is 20.4. The third-order valence-electron chi connectivity index (χ3n) is 3.94. The molecule has 0 saturated heterocycles. The van der Waals surface area contributed by atoms with Gasteiger partial charge in [0.2, 0.25) is 0 Å². The van der Waals surface area contributed by atoms with Gasteiger partial charge in [-0.1, -0.05) is 53.0 Å². The van der Waals surface area contributed by atoms with E-state index in [1.54, 1.807) is 0 Å². The predicted molar refractivity (Wildman–Crippen MR) is 101 cm³/mol. The molecule has 0 amide bonds. The number of hydrogen-bond donors (Lipinski definition) is 1. The minimum Gasteiger partial charge on any atom is -0.383 e. The fourth-order valence-electron chi connectivity index (χ4n) is 2.77. The van der Waals surface area contributed by atoms with E-state index in [4.69, 9.17) is 0 Å². The summed E-state index contributed by atoms with van der Waals surface area (Å²) in [7, 11) is 0. The maximum Gasteiger partial charge on any atom is 0.124 e. The Bertz CT molecular complexity index is 917. The van der Waals surface area contributed by atoms with Gasteiger partial charge in [0.05, 0.1) is 17.7 Å². The summed E-state index contributed by atoms with van der Waals surface area (Å²) >= 11 is 1.35. The number of nitrogens with zero attached hydrogens (tertiary/aromatic N) is 4. The number of benzene rings is 2. The quantitative estimate of drug-likeness (QED) is 0.568. The second-order valence-corrected chi connectivity index (χ2v) is 6.19. The molecule has 0 bridgehead atoms. The van der Waals surface area contributed by atoms with Gasteiger partial charge in [-0.2, -0.15) is 0 Å².